The van der Waals surface area contributed by atoms with Crippen LogP contribution in [0.25, 0.3) is 22.2 Å². The predicted octanol–water partition coefficient (Wildman–Crippen LogP) is 3.14. The lowest BCUT2D eigenvalue weighted by molar-refractivity contribution is 0.0949. The molecule has 2 N–H and O–H groups in total. The summed E-state index contributed by atoms with van der Waals surface area (Å²) >= 11 is 0. The summed E-state index contributed by atoms with van der Waals surface area (Å²) in [5.74, 6) is 0.00927. The van der Waals surface area contributed by atoms with E-state index >= 15 is 0 Å². The third kappa shape index (κ3) is 2.32. The fourth-order valence-corrected chi connectivity index (χ4v) is 3.38. The van der Waals surface area contributed by atoms with E-state index in [4.69, 9.17) is 0 Å². The molecule has 0 spiro atoms. The largest absolute Gasteiger partial charge is 0.354 e. The van der Waals surface area contributed by atoms with E-state index in [1.165, 1.54) is 11.1 Å². The van der Waals surface area contributed by atoms with Gasteiger partial charge in [0.05, 0.1) is 5.69 Å². The van der Waals surface area contributed by atoms with Gasteiger partial charge in [-0.2, -0.15) is 0 Å². The molecule has 4 nitrogen and oxygen atoms in total. The zero-order valence-corrected chi connectivity index (χ0v) is 13.3. The van der Waals surface area contributed by atoms with Crippen molar-refractivity contribution in [2.75, 3.05) is 14.1 Å². The maximum atomic E-state index is 12.1. The summed E-state index contributed by atoms with van der Waals surface area (Å²) in [6, 6.07) is 14.4. The highest BCUT2D eigenvalue weighted by Gasteiger charge is 2.23. The molecule has 1 aliphatic heterocycles. The SMILES string of the molecule is CN(C)Cc1cccc(-c2[nH]c3cccc4c3c2CNC4=O)c1. The summed E-state index contributed by atoms with van der Waals surface area (Å²) in [6.45, 7) is 1.48. The number of nitrogens with one attached hydrogen (secondary N) is 2. The second-order valence-corrected chi connectivity index (χ2v) is 6.33. The third-order valence-corrected chi connectivity index (χ3v) is 4.31. The van der Waals surface area contributed by atoms with Crippen LogP contribution in [0.1, 0.15) is 21.5 Å². The Balaban J connectivity index is 1.89. The first kappa shape index (κ1) is 14.0. The van der Waals surface area contributed by atoms with E-state index in [9.17, 15) is 4.79 Å². The van der Waals surface area contributed by atoms with Crippen molar-refractivity contribution in [2.45, 2.75) is 13.1 Å². The van der Waals surface area contributed by atoms with Crippen molar-refractivity contribution in [3.8, 4) is 11.3 Å². The molecule has 1 aliphatic rings. The smallest absolute Gasteiger partial charge is 0.252 e. The average molecular weight is 305 g/mol. The molecule has 1 amide bonds. The van der Waals surface area contributed by atoms with Gasteiger partial charge in [0.25, 0.3) is 5.91 Å². The lowest BCUT2D eigenvalue weighted by Crippen LogP contribution is -2.26. The summed E-state index contributed by atoms with van der Waals surface area (Å²) in [4.78, 5) is 17.7. The monoisotopic (exact) mass is 305 g/mol. The molecule has 0 bridgehead atoms. The molecule has 0 fully saturated rings. The number of carbonyl (C=O) groups excluding carboxylic acids is 1. The van der Waals surface area contributed by atoms with E-state index in [-0.39, 0.29) is 5.91 Å². The van der Waals surface area contributed by atoms with Crippen LogP contribution < -0.4 is 5.32 Å². The molecule has 3 aromatic rings. The van der Waals surface area contributed by atoms with Crippen LogP contribution in [-0.2, 0) is 13.1 Å². The standard InChI is InChI=1S/C19H19N3O/c1-22(2)11-12-5-3-6-13(9-12)18-15-10-20-19(23)14-7-4-8-16(21-18)17(14)15/h3-9,21H,10-11H2,1-2H3,(H,20,23). The number of H-pyrrole nitrogens is 1. The highest BCUT2D eigenvalue weighted by Crippen LogP contribution is 2.34. The van der Waals surface area contributed by atoms with Gasteiger partial charge in [0.15, 0.2) is 0 Å². The molecule has 0 atom stereocenters. The van der Waals surface area contributed by atoms with Gasteiger partial charge >= 0.3 is 0 Å². The molecular formula is C19H19N3O. The zero-order chi connectivity index (χ0) is 16.0. The summed E-state index contributed by atoms with van der Waals surface area (Å²) in [5, 5.41) is 4.03. The Kier molecular flexibility index (Phi) is 3.20. The quantitative estimate of drug-likeness (QED) is 0.781. The molecule has 0 saturated carbocycles. The van der Waals surface area contributed by atoms with Crippen LogP contribution in [0.2, 0.25) is 0 Å². The first-order valence-corrected chi connectivity index (χ1v) is 7.79. The molecule has 2 aromatic carbocycles. The Labute approximate surface area is 135 Å². The fraction of sp³-hybridized carbons (Fsp3) is 0.211. The van der Waals surface area contributed by atoms with Crippen LogP contribution in [0.5, 0.6) is 0 Å². The Morgan fingerprint density at radius 3 is 2.78 bits per heavy atom. The molecule has 4 heteroatoms. The Morgan fingerprint density at radius 2 is 1.96 bits per heavy atom. The Morgan fingerprint density at radius 1 is 1.13 bits per heavy atom. The van der Waals surface area contributed by atoms with Crippen molar-refractivity contribution in [1.29, 1.82) is 0 Å². The normalized spacial score (nSPS) is 13.6. The summed E-state index contributed by atoms with van der Waals surface area (Å²) in [6.07, 6.45) is 0. The molecule has 23 heavy (non-hydrogen) atoms. The Hall–Kier alpha value is -2.59. The van der Waals surface area contributed by atoms with E-state index < -0.39 is 0 Å². The third-order valence-electron chi connectivity index (χ3n) is 4.31. The van der Waals surface area contributed by atoms with Gasteiger partial charge < -0.3 is 15.2 Å². The van der Waals surface area contributed by atoms with Gasteiger partial charge in [-0.3, -0.25) is 4.79 Å². The van der Waals surface area contributed by atoms with Gasteiger partial charge in [-0.05, 0) is 43.4 Å². The molecule has 0 aliphatic carbocycles. The highest BCUT2D eigenvalue weighted by molar-refractivity contribution is 6.11. The number of amides is 1. The number of aromatic nitrogens is 1. The minimum atomic E-state index is 0.00927. The average Bonchev–Trinajstić information content (AvgIpc) is 2.91. The number of rotatable bonds is 3. The van der Waals surface area contributed by atoms with Gasteiger partial charge in [0.1, 0.15) is 0 Å². The lowest BCUT2D eigenvalue weighted by Gasteiger charge is -2.15. The molecule has 4 rings (SSSR count). The van der Waals surface area contributed by atoms with Crippen molar-refractivity contribution in [3.05, 3.63) is 59.2 Å². The van der Waals surface area contributed by atoms with E-state index in [1.807, 2.05) is 18.2 Å². The minimum absolute atomic E-state index is 0.00927. The first-order chi connectivity index (χ1) is 11.1. The summed E-state index contributed by atoms with van der Waals surface area (Å²) in [5.41, 5.74) is 6.51. The maximum absolute atomic E-state index is 12.1. The molecular weight excluding hydrogens is 286 g/mol. The predicted molar refractivity (Wildman–Crippen MR) is 92.3 cm³/mol. The van der Waals surface area contributed by atoms with Crippen LogP contribution in [0.3, 0.4) is 0 Å². The molecule has 116 valence electrons. The van der Waals surface area contributed by atoms with Crippen molar-refractivity contribution in [2.24, 2.45) is 0 Å². The van der Waals surface area contributed by atoms with Gasteiger partial charge in [-0.15, -0.1) is 0 Å². The lowest BCUT2D eigenvalue weighted by atomic mass is 9.97. The molecule has 0 radical (unpaired) electrons. The summed E-state index contributed by atoms with van der Waals surface area (Å²) < 4.78 is 0. The number of nitrogens with zero attached hydrogens (tertiary/aromatic N) is 1. The van der Waals surface area contributed by atoms with E-state index in [0.29, 0.717) is 6.54 Å². The van der Waals surface area contributed by atoms with Crippen molar-refractivity contribution in [3.63, 3.8) is 0 Å². The van der Waals surface area contributed by atoms with Crippen molar-refractivity contribution in [1.82, 2.24) is 15.2 Å². The van der Waals surface area contributed by atoms with Crippen LogP contribution in [0.4, 0.5) is 0 Å². The zero-order valence-electron chi connectivity index (χ0n) is 13.3. The maximum Gasteiger partial charge on any atom is 0.252 e. The van der Waals surface area contributed by atoms with Crippen LogP contribution >= 0.6 is 0 Å². The molecule has 0 unspecified atom stereocenters. The van der Waals surface area contributed by atoms with E-state index in [1.54, 1.807) is 0 Å². The number of hydrogen-bond donors (Lipinski definition) is 2. The number of aromatic amines is 1. The second-order valence-electron chi connectivity index (χ2n) is 6.33. The second kappa shape index (κ2) is 5.25. The summed E-state index contributed by atoms with van der Waals surface area (Å²) in [7, 11) is 4.14. The van der Waals surface area contributed by atoms with Gasteiger partial charge in [0.2, 0.25) is 0 Å². The van der Waals surface area contributed by atoms with Gasteiger partial charge in [-0.1, -0.05) is 24.3 Å². The number of hydrogen-bond acceptors (Lipinski definition) is 2. The molecule has 1 aromatic heterocycles. The van der Waals surface area contributed by atoms with E-state index in [2.05, 4.69) is 53.6 Å². The molecule has 0 saturated heterocycles. The van der Waals surface area contributed by atoms with Crippen molar-refractivity contribution < 1.29 is 4.79 Å². The number of benzene rings is 2. The van der Waals surface area contributed by atoms with Gasteiger partial charge in [0, 0.05) is 35.1 Å². The fourth-order valence-electron chi connectivity index (χ4n) is 3.38. The number of carbonyl (C=O) groups is 1. The molecule has 2 heterocycles. The first-order valence-electron chi connectivity index (χ1n) is 7.79. The van der Waals surface area contributed by atoms with Crippen molar-refractivity contribution >= 4 is 16.8 Å². The minimum Gasteiger partial charge on any atom is -0.354 e. The Bertz CT molecular complexity index is 908. The van der Waals surface area contributed by atoms with Crippen LogP contribution in [-0.4, -0.2) is 29.9 Å². The van der Waals surface area contributed by atoms with Crippen LogP contribution in [0, 0.1) is 0 Å². The topological polar surface area (TPSA) is 48.1 Å². The van der Waals surface area contributed by atoms with E-state index in [0.717, 1.165) is 34.3 Å². The van der Waals surface area contributed by atoms with Gasteiger partial charge in [-0.25, -0.2) is 0 Å². The highest BCUT2D eigenvalue weighted by atomic mass is 16.1. The van der Waals surface area contributed by atoms with Crippen LogP contribution in [0.15, 0.2) is 42.5 Å².